The average molecular weight is 569 g/mol. The van der Waals surface area contributed by atoms with E-state index in [2.05, 4.69) is 109 Å². The molecule has 0 amide bonds. The first kappa shape index (κ1) is 32.5. The molecule has 0 aliphatic carbocycles. The molecule has 1 aliphatic rings. The summed E-state index contributed by atoms with van der Waals surface area (Å²) in [5.41, 5.74) is 0. The topological polar surface area (TPSA) is 27.7 Å². The maximum atomic E-state index is 7.20. The van der Waals surface area contributed by atoms with Gasteiger partial charge in [-0.15, -0.1) is 0 Å². The van der Waals surface area contributed by atoms with Crippen LogP contribution in [0.25, 0.3) is 0 Å². The van der Waals surface area contributed by atoms with E-state index < -0.39 is 14.1 Å². The fourth-order valence-electron chi connectivity index (χ4n) is 5.47. The van der Waals surface area contributed by atoms with Crippen LogP contribution in [0.4, 0.5) is 0 Å². The predicted molar refractivity (Wildman–Crippen MR) is 140 cm³/mol. The first-order chi connectivity index (χ1) is 15.4. The van der Waals surface area contributed by atoms with Crippen molar-refractivity contribution in [1.29, 1.82) is 0 Å². The van der Waals surface area contributed by atoms with E-state index in [0.717, 1.165) is 0 Å². The molecule has 0 N–H and O–H groups in total. The van der Waals surface area contributed by atoms with E-state index in [4.69, 9.17) is 13.9 Å². The number of benzene rings is 2. The molecule has 0 saturated carbocycles. The molecule has 1 radical (unpaired) electrons. The number of halogens is 1. The molecule has 1 aliphatic heterocycles. The quantitative estimate of drug-likeness (QED) is 0.481. The van der Waals surface area contributed by atoms with Crippen molar-refractivity contribution in [3.05, 3.63) is 67.6 Å². The van der Waals surface area contributed by atoms with Crippen LogP contribution in [-0.4, -0.2) is 32.9 Å². The Hall–Kier alpha value is -0.550. The third kappa shape index (κ3) is 7.06. The molecule has 1 fully saturated rings. The summed E-state index contributed by atoms with van der Waals surface area (Å²) in [4.78, 5) is 0. The van der Waals surface area contributed by atoms with Crippen molar-refractivity contribution in [2.45, 2.75) is 78.4 Å². The zero-order chi connectivity index (χ0) is 24.4. The van der Waals surface area contributed by atoms with Crippen LogP contribution in [-0.2, 0) is 33.4 Å². The van der Waals surface area contributed by atoms with E-state index in [0.29, 0.717) is 6.61 Å². The van der Waals surface area contributed by atoms with Crippen molar-refractivity contribution in [2.24, 2.45) is 17.8 Å². The Morgan fingerprint density at radius 3 is 1.74 bits per heavy atom. The molecule has 6 heteroatoms. The van der Waals surface area contributed by atoms with Crippen LogP contribution >= 0.6 is 0 Å². The summed E-state index contributed by atoms with van der Waals surface area (Å²) in [6, 6.07) is 21.7. The van der Waals surface area contributed by atoms with E-state index in [9.17, 15) is 0 Å². The molecule has 3 rings (SSSR count). The molecule has 0 spiro atoms. The molecule has 1 saturated heterocycles. The van der Waals surface area contributed by atoms with Crippen LogP contribution in [0, 0.1) is 24.7 Å². The molecular weight excluding hydrogens is 525 g/mol. The molecule has 2 aromatic rings. The Morgan fingerprint density at radius 1 is 0.914 bits per heavy atom. The summed E-state index contributed by atoms with van der Waals surface area (Å²) in [6.45, 7) is 22.5. The second-order valence-electron chi connectivity index (χ2n) is 11.4. The van der Waals surface area contributed by atoms with Crippen LogP contribution in [0.5, 0.6) is 0 Å². The zero-order valence-corrected chi connectivity index (χ0v) is 27.6. The largest absolute Gasteiger partial charge is 1.00 e. The van der Waals surface area contributed by atoms with Gasteiger partial charge in [0.2, 0.25) is 0 Å². The molecule has 35 heavy (non-hydrogen) atoms. The van der Waals surface area contributed by atoms with Crippen molar-refractivity contribution < 1.29 is 45.8 Å². The number of rotatable bonds is 7. The standard InChI is InChI=1S/C29H43O3Si.ClH.Zn/c1-21(2)26-23(4)27(32-29(8,9)31-26)22(3)20-30-33(28(5,6)7,24-16-12-10-13-17-24)25-18-14-11-15-19-25;;/h10-19,21-23,26-27H,1,20H2,2-9H3;1H;/p-1/t21-,22-,23-,26+,27-;;/m1../s1. The Morgan fingerprint density at radius 2 is 1.34 bits per heavy atom. The normalized spacial score (nSPS) is 23.2. The van der Waals surface area contributed by atoms with Gasteiger partial charge >= 0.3 is 0 Å². The number of ether oxygens (including phenoxy) is 2. The molecule has 0 aromatic heterocycles. The predicted octanol–water partition coefficient (Wildman–Crippen LogP) is 2.83. The molecule has 5 atom stereocenters. The van der Waals surface area contributed by atoms with Gasteiger partial charge in [-0.3, -0.25) is 0 Å². The van der Waals surface area contributed by atoms with Crippen molar-refractivity contribution in [3.8, 4) is 0 Å². The Labute approximate surface area is 234 Å². The summed E-state index contributed by atoms with van der Waals surface area (Å²) in [6.07, 6.45) is 0.107. The van der Waals surface area contributed by atoms with Gasteiger partial charge < -0.3 is 26.3 Å². The Balaban J connectivity index is 0.00000306. The maximum absolute atomic E-state index is 7.20. The molecule has 1 heterocycles. The summed E-state index contributed by atoms with van der Waals surface area (Å²) in [5.74, 6) is 0.0178. The third-order valence-electron chi connectivity index (χ3n) is 6.98. The smallest absolute Gasteiger partial charge is 0.261 e. The fraction of sp³-hybridized carbons (Fsp3) is 0.552. The second kappa shape index (κ2) is 12.8. The number of hydrogen-bond donors (Lipinski definition) is 0. The van der Waals surface area contributed by atoms with Gasteiger partial charge in [0.1, 0.15) is 0 Å². The third-order valence-corrected chi connectivity index (χ3v) is 12.0. The van der Waals surface area contributed by atoms with Gasteiger partial charge in [0.05, 0.1) is 12.2 Å². The van der Waals surface area contributed by atoms with Gasteiger partial charge in [0.15, 0.2) is 5.79 Å². The minimum absolute atomic E-state index is 0. The van der Waals surface area contributed by atoms with Crippen molar-refractivity contribution in [2.75, 3.05) is 6.61 Å². The van der Waals surface area contributed by atoms with Gasteiger partial charge in [-0.1, -0.05) is 102 Å². The molecule has 0 bridgehead atoms. The van der Waals surface area contributed by atoms with Gasteiger partial charge in [0, 0.05) is 37.9 Å². The van der Waals surface area contributed by atoms with Gasteiger partial charge in [-0.2, -0.15) is 0 Å². The number of hydrogen-bond acceptors (Lipinski definition) is 3. The summed E-state index contributed by atoms with van der Waals surface area (Å²) >= 11 is 0. The zero-order valence-electron chi connectivity index (χ0n) is 22.9. The van der Waals surface area contributed by atoms with E-state index in [1.54, 1.807) is 0 Å². The van der Waals surface area contributed by atoms with E-state index in [1.807, 2.05) is 13.8 Å². The first-order valence-corrected chi connectivity index (χ1v) is 14.2. The summed E-state index contributed by atoms with van der Waals surface area (Å²) in [5, 5.41) is 2.57. The molecule has 2 aromatic carbocycles. The van der Waals surface area contributed by atoms with E-state index >= 15 is 0 Å². The Bertz CT molecular complexity index is 846. The van der Waals surface area contributed by atoms with Gasteiger partial charge in [0.25, 0.3) is 8.32 Å². The van der Waals surface area contributed by atoms with Crippen LogP contribution in [0.2, 0.25) is 5.04 Å². The first-order valence-electron chi connectivity index (χ1n) is 12.3. The monoisotopic (exact) mass is 566 g/mol. The SMILES string of the molecule is [CH2][C@H](C)[C@@H]1OC(C)(C)O[C@H]([C@H](C)CO[Si](c2ccccc2)(c2ccccc2)C(C)(C)C)[C@@H]1C.[Cl-].[Zn]. The van der Waals surface area contributed by atoms with E-state index in [1.165, 1.54) is 10.4 Å². The van der Waals surface area contributed by atoms with Crippen LogP contribution in [0.15, 0.2) is 60.7 Å². The summed E-state index contributed by atoms with van der Waals surface area (Å²) < 4.78 is 19.9. The van der Waals surface area contributed by atoms with Crippen molar-refractivity contribution >= 4 is 18.7 Å². The second-order valence-corrected chi connectivity index (χ2v) is 15.7. The summed E-state index contributed by atoms with van der Waals surface area (Å²) in [7, 11) is -2.57. The van der Waals surface area contributed by atoms with Gasteiger partial charge in [-0.05, 0) is 42.1 Å². The maximum Gasteiger partial charge on any atom is 0.261 e. The van der Waals surface area contributed by atoms with Gasteiger partial charge in [-0.25, -0.2) is 0 Å². The minimum Gasteiger partial charge on any atom is -1.00 e. The van der Waals surface area contributed by atoms with E-state index in [-0.39, 0.29) is 66.9 Å². The van der Waals surface area contributed by atoms with Crippen molar-refractivity contribution in [1.82, 2.24) is 0 Å². The van der Waals surface area contributed by atoms with Crippen LogP contribution in [0.3, 0.4) is 0 Å². The van der Waals surface area contributed by atoms with Crippen LogP contribution < -0.4 is 22.8 Å². The molecule has 3 nitrogen and oxygen atoms in total. The fourth-order valence-corrected chi connectivity index (χ4v) is 10.1. The molecule has 0 unspecified atom stereocenters. The van der Waals surface area contributed by atoms with Crippen LogP contribution in [0.1, 0.15) is 55.4 Å². The molecule has 191 valence electrons. The average Bonchev–Trinajstić information content (AvgIpc) is 2.75. The molecular formula is C29H43ClO3SiZn-. The minimum atomic E-state index is -2.57. The van der Waals surface area contributed by atoms with Crippen molar-refractivity contribution in [3.63, 3.8) is 0 Å². The Kier molecular flexibility index (Phi) is 11.9.